The van der Waals surface area contributed by atoms with E-state index in [1.165, 1.54) is 6.21 Å². The smallest absolute Gasteiger partial charge is 0.335 e. The number of hydrazine groups is 1. The molecule has 134 valence electrons. The molecule has 0 aromatic heterocycles. The molecular formula is C17H17N5O4. The number of hydrogen-bond donors (Lipinski definition) is 5. The molecule has 9 nitrogen and oxygen atoms in total. The van der Waals surface area contributed by atoms with Crippen molar-refractivity contribution in [3.63, 3.8) is 0 Å². The first kappa shape index (κ1) is 17.4. The molecule has 2 aromatic carbocycles. The minimum absolute atomic E-state index is 0.0276. The molecule has 4 amide bonds. The van der Waals surface area contributed by atoms with Crippen molar-refractivity contribution in [1.29, 1.82) is 0 Å². The van der Waals surface area contributed by atoms with Crippen molar-refractivity contribution in [2.24, 2.45) is 5.10 Å². The van der Waals surface area contributed by atoms with Gasteiger partial charge in [0.2, 0.25) is 11.8 Å². The molecule has 1 unspecified atom stereocenters. The fraction of sp³-hybridized carbons (Fsp3) is 0.176. The standard InChI is InChI=1S/C17H17N5O4/c23-14-7-5-10-3-1-2-4-11(10)12(14)9-18-21-15(24)8-6-13-16(25)19-17(26)22-20-13/h1-5,7,9,13,20,23H,6,8H2,(H,21,24)(H2,19,22,25,26)/b18-9+. The van der Waals surface area contributed by atoms with Crippen LogP contribution >= 0.6 is 0 Å². The number of aromatic hydroxyl groups is 1. The van der Waals surface area contributed by atoms with Gasteiger partial charge in [0.15, 0.2) is 0 Å². The Morgan fingerprint density at radius 3 is 2.85 bits per heavy atom. The van der Waals surface area contributed by atoms with Gasteiger partial charge >= 0.3 is 6.03 Å². The lowest BCUT2D eigenvalue weighted by atomic mass is 10.0. The van der Waals surface area contributed by atoms with E-state index < -0.39 is 23.9 Å². The van der Waals surface area contributed by atoms with E-state index in [0.29, 0.717) is 5.56 Å². The van der Waals surface area contributed by atoms with Crippen LogP contribution < -0.4 is 21.6 Å². The molecule has 1 atom stereocenters. The van der Waals surface area contributed by atoms with Gasteiger partial charge in [0.05, 0.1) is 6.21 Å². The van der Waals surface area contributed by atoms with Crippen LogP contribution in [-0.2, 0) is 9.59 Å². The molecule has 1 heterocycles. The monoisotopic (exact) mass is 355 g/mol. The molecule has 3 rings (SSSR count). The lowest BCUT2D eigenvalue weighted by molar-refractivity contribution is -0.124. The predicted molar refractivity (Wildman–Crippen MR) is 94.2 cm³/mol. The average Bonchev–Trinajstić information content (AvgIpc) is 2.63. The number of rotatable bonds is 5. The Bertz CT molecular complexity index is 896. The first-order valence-corrected chi connectivity index (χ1v) is 7.93. The van der Waals surface area contributed by atoms with E-state index >= 15 is 0 Å². The van der Waals surface area contributed by atoms with Gasteiger partial charge in [-0.05, 0) is 23.3 Å². The predicted octanol–water partition coefficient (Wildman–Crippen LogP) is 0.488. The summed E-state index contributed by atoms with van der Waals surface area (Å²) < 4.78 is 0. The zero-order valence-corrected chi connectivity index (χ0v) is 13.7. The van der Waals surface area contributed by atoms with Gasteiger partial charge in [-0.3, -0.25) is 20.3 Å². The SMILES string of the molecule is O=C(CCC1NNC(=O)NC1=O)N/N=C/c1c(O)ccc2ccccc12. The van der Waals surface area contributed by atoms with Crippen LogP contribution in [0, 0.1) is 0 Å². The van der Waals surface area contributed by atoms with Crippen molar-refractivity contribution in [1.82, 2.24) is 21.6 Å². The number of phenolic OH excluding ortho intramolecular Hbond substituents is 1. The topological polar surface area (TPSA) is 132 Å². The first-order valence-electron chi connectivity index (χ1n) is 7.93. The van der Waals surface area contributed by atoms with Crippen molar-refractivity contribution in [2.45, 2.75) is 18.9 Å². The third-order valence-electron chi connectivity index (χ3n) is 3.90. The Balaban J connectivity index is 1.57. The molecule has 0 saturated carbocycles. The number of carbonyl (C=O) groups excluding carboxylic acids is 3. The van der Waals surface area contributed by atoms with Gasteiger partial charge in [-0.15, -0.1) is 0 Å². The average molecular weight is 355 g/mol. The molecule has 1 aliphatic heterocycles. The van der Waals surface area contributed by atoms with Crippen molar-refractivity contribution in [3.8, 4) is 5.75 Å². The van der Waals surface area contributed by atoms with Crippen LogP contribution in [0.15, 0.2) is 41.5 Å². The molecule has 5 N–H and O–H groups in total. The second-order valence-electron chi connectivity index (χ2n) is 5.69. The molecule has 2 aromatic rings. The summed E-state index contributed by atoms with van der Waals surface area (Å²) in [6.45, 7) is 0. The van der Waals surface area contributed by atoms with E-state index in [1.807, 2.05) is 24.3 Å². The van der Waals surface area contributed by atoms with Gasteiger partial charge < -0.3 is 5.11 Å². The Kier molecular flexibility index (Phi) is 5.09. The Labute approximate surface area is 148 Å². The zero-order chi connectivity index (χ0) is 18.5. The molecule has 9 heteroatoms. The number of imide groups is 1. The number of urea groups is 1. The molecule has 0 radical (unpaired) electrons. The van der Waals surface area contributed by atoms with E-state index in [4.69, 9.17) is 0 Å². The summed E-state index contributed by atoms with van der Waals surface area (Å²) in [6.07, 6.45) is 1.59. The number of fused-ring (bicyclic) bond motifs is 1. The lowest BCUT2D eigenvalue weighted by Crippen LogP contribution is -2.62. The molecule has 1 aliphatic rings. The van der Waals surface area contributed by atoms with Gasteiger partial charge in [-0.25, -0.2) is 15.6 Å². The van der Waals surface area contributed by atoms with Crippen molar-refractivity contribution < 1.29 is 19.5 Å². The highest BCUT2D eigenvalue weighted by molar-refractivity contribution is 6.02. The third kappa shape index (κ3) is 3.95. The molecule has 0 aliphatic carbocycles. The van der Waals surface area contributed by atoms with Crippen LogP contribution in [0.2, 0.25) is 0 Å². The summed E-state index contributed by atoms with van der Waals surface area (Å²) in [4.78, 5) is 34.3. The Morgan fingerprint density at radius 1 is 1.23 bits per heavy atom. The number of nitrogens with one attached hydrogen (secondary N) is 4. The number of amides is 4. The van der Waals surface area contributed by atoms with Crippen LogP contribution in [-0.4, -0.2) is 35.2 Å². The normalized spacial score (nSPS) is 17.2. The second kappa shape index (κ2) is 7.62. The Hall–Kier alpha value is -3.46. The van der Waals surface area contributed by atoms with E-state index in [-0.39, 0.29) is 18.6 Å². The van der Waals surface area contributed by atoms with E-state index in [1.54, 1.807) is 12.1 Å². The number of nitrogens with zero attached hydrogens (tertiary/aromatic N) is 1. The van der Waals surface area contributed by atoms with Crippen LogP contribution in [0.5, 0.6) is 5.75 Å². The highest BCUT2D eigenvalue weighted by Crippen LogP contribution is 2.25. The summed E-state index contributed by atoms with van der Waals surface area (Å²) in [5.41, 5.74) is 7.64. The fourth-order valence-electron chi connectivity index (χ4n) is 2.57. The number of benzene rings is 2. The van der Waals surface area contributed by atoms with Crippen molar-refractivity contribution in [3.05, 3.63) is 42.0 Å². The number of phenols is 1. The number of carbonyl (C=O) groups is 3. The van der Waals surface area contributed by atoms with Crippen LogP contribution in [0.4, 0.5) is 4.79 Å². The van der Waals surface area contributed by atoms with Gasteiger partial charge in [0.25, 0.3) is 0 Å². The highest BCUT2D eigenvalue weighted by Gasteiger charge is 2.25. The summed E-state index contributed by atoms with van der Waals surface area (Å²) in [7, 11) is 0. The summed E-state index contributed by atoms with van der Waals surface area (Å²) in [5.74, 6) is -0.835. The maximum absolute atomic E-state index is 11.9. The van der Waals surface area contributed by atoms with Crippen molar-refractivity contribution >= 4 is 34.8 Å². The number of hydrogen-bond acceptors (Lipinski definition) is 6. The lowest BCUT2D eigenvalue weighted by Gasteiger charge is -2.22. The fourth-order valence-corrected chi connectivity index (χ4v) is 2.57. The number of hydrazone groups is 1. The van der Waals surface area contributed by atoms with Gasteiger partial charge in [0.1, 0.15) is 11.8 Å². The van der Waals surface area contributed by atoms with Gasteiger partial charge in [-0.2, -0.15) is 5.10 Å². The molecule has 1 saturated heterocycles. The quantitative estimate of drug-likeness (QED) is 0.393. The van der Waals surface area contributed by atoms with E-state index in [0.717, 1.165) is 10.8 Å². The molecule has 0 spiro atoms. The maximum atomic E-state index is 11.9. The minimum atomic E-state index is -0.690. The van der Waals surface area contributed by atoms with Crippen LogP contribution in [0.1, 0.15) is 18.4 Å². The first-order chi connectivity index (χ1) is 12.5. The highest BCUT2D eigenvalue weighted by atomic mass is 16.3. The summed E-state index contributed by atoms with van der Waals surface area (Å²) >= 11 is 0. The summed E-state index contributed by atoms with van der Waals surface area (Å²) in [5, 5.41) is 17.7. The molecule has 26 heavy (non-hydrogen) atoms. The molecular weight excluding hydrogens is 338 g/mol. The van der Waals surface area contributed by atoms with Crippen LogP contribution in [0.3, 0.4) is 0 Å². The van der Waals surface area contributed by atoms with E-state index in [2.05, 4.69) is 26.7 Å². The minimum Gasteiger partial charge on any atom is -0.507 e. The second-order valence-corrected chi connectivity index (χ2v) is 5.69. The van der Waals surface area contributed by atoms with Crippen molar-refractivity contribution in [2.75, 3.05) is 0 Å². The van der Waals surface area contributed by atoms with Crippen LogP contribution in [0.25, 0.3) is 10.8 Å². The molecule has 1 fully saturated rings. The van der Waals surface area contributed by atoms with E-state index in [9.17, 15) is 19.5 Å². The Morgan fingerprint density at radius 2 is 2.04 bits per heavy atom. The largest absolute Gasteiger partial charge is 0.507 e. The summed E-state index contributed by atoms with van der Waals surface area (Å²) in [6, 6.07) is 9.53. The maximum Gasteiger partial charge on any atom is 0.335 e. The van der Waals surface area contributed by atoms with Gasteiger partial charge in [0, 0.05) is 12.0 Å². The molecule has 0 bridgehead atoms. The van der Waals surface area contributed by atoms with Gasteiger partial charge in [-0.1, -0.05) is 30.3 Å². The zero-order valence-electron chi connectivity index (χ0n) is 13.7. The third-order valence-corrected chi connectivity index (χ3v) is 3.90.